The van der Waals surface area contributed by atoms with Crippen molar-refractivity contribution in [2.75, 3.05) is 17.7 Å². The lowest BCUT2D eigenvalue weighted by Gasteiger charge is -2.09. The maximum Gasteiger partial charge on any atom is 0.228 e. The Morgan fingerprint density at radius 1 is 1.20 bits per heavy atom. The molecule has 1 aliphatic carbocycles. The summed E-state index contributed by atoms with van der Waals surface area (Å²) in [7, 11) is 1.77. The first-order valence-corrected chi connectivity index (χ1v) is 9.49. The number of hydrogen-bond acceptors (Lipinski definition) is 6. The lowest BCUT2D eigenvalue weighted by molar-refractivity contribution is -0.117. The smallest absolute Gasteiger partial charge is 0.228 e. The van der Waals surface area contributed by atoms with Gasteiger partial charge in [-0.15, -0.1) is 5.10 Å². The van der Waals surface area contributed by atoms with Crippen LogP contribution in [0.1, 0.15) is 28.1 Å². The van der Waals surface area contributed by atoms with Crippen molar-refractivity contribution in [2.24, 2.45) is 12.9 Å². The molecule has 0 saturated heterocycles. The average molecular weight is 400 g/mol. The Kier molecular flexibility index (Phi) is 3.54. The number of rotatable bonds is 3. The van der Waals surface area contributed by atoms with Crippen molar-refractivity contribution in [1.82, 2.24) is 25.0 Å². The van der Waals surface area contributed by atoms with Crippen LogP contribution in [0.2, 0.25) is 0 Å². The molecule has 1 amide bonds. The summed E-state index contributed by atoms with van der Waals surface area (Å²) in [6, 6.07) is 6.88. The summed E-state index contributed by atoms with van der Waals surface area (Å²) in [5, 5.41) is 15.1. The maximum atomic E-state index is 12.2. The second kappa shape index (κ2) is 7.12. The van der Waals surface area contributed by atoms with Crippen LogP contribution < -0.4 is 10.6 Å². The van der Waals surface area contributed by atoms with Gasteiger partial charge in [0.15, 0.2) is 0 Å². The van der Waals surface area contributed by atoms with Gasteiger partial charge < -0.3 is 10.6 Å². The molecule has 148 valence electrons. The third-order valence-electron chi connectivity index (χ3n) is 5.00. The number of pyridine rings is 2. The largest absolute Gasteiger partial charge is 0.373 e. The van der Waals surface area contributed by atoms with Gasteiger partial charge in [0.25, 0.3) is 0 Å². The van der Waals surface area contributed by atoms with Crippen molar-refractivity contribution in [3.05, 3.63) is 47.8 Å². The summed E-state index contributed by atoms with van der Waals surface area (Å²) in [5.41, 5.74) is 2.11. The average Bonchev–Trinajstić information content (AvgIpc) is 3.55. The topological polar surface area (TPSA) is 97.6 Å². The van der Waals surface area contributed by atoms with Crippen LogP contribution >= 0.6 is 0 Å². The van der Waals surface area contributed by atoms with Crippen LogP contribution in [0.15, 0.2) is 36.7 Å². The van der Waals surface area contributed by atoms with E-state index in [0.717, 1.165) is 28.3 Å². The van der Waals surface area contributed by atoms with E-state index in [1.165, 1.54) is 0 Å². The van der Waals surface area contributed by atoms with Gasteiger partial charge in [0.05, 0.1) is 11.1 Å². The van der Waals surface area contributed by atoms with Gasteiger partial charge in [-0.05, 0) is 37.1 Å². The summed E-state index contributed by atoms with van der Waals surface area (Å²) in [5.74, 6) is 7.34. The van der Waals surface area contributed by atoms with Crippen LogP contribution in [0.3, 0.4) is 0 Å². The van der Waals surface area contributed by atoms with E-state index < -0.39 is 6.98 Å². The SMILES string of the molecule is [2H]C([2H])([2H])n1nnc2ccc(C#Cc3cnc(NC)c4cnc(NC(=O)C5CC5)cc34)cc21. The number of carbonyl (C=O) groups is 1. The van der Waals surface area contributed by atoms with Gasteiger partial charge in [-0.1, -0.05) is 17.1 Å². The lowest BCUT2D eigenvalue weighted by Crippen LogP contribution is -2.14. The first-order chi connectivity index (χ1) is 15.8. The molecule has 8 heteroatoms. The van der Waals surface area contributed by atoms with E-state index in [-0.39, 0.29) is 11.8 Å². The number of benzene rings is 1. The minimum absolute atomic E-state index is 0.0230. The fourth-order valence-electron chi connectivity index (χ4n) is 3.21. The third-order valence-corrected chi connectivity index (χ3v) is 5.00. The second-order valence-corrected chi connectivity index (χ2v) is 7.10. The number of fused-ring (bicyclic) bond motifs is 2. The molecule has 0 bridgehead atoms. The quantitative estimate of drug-likeness (QED) is 0.513. The minimum atomic E-state index is -2.43. The van der Waals surface area contributed by atoms with E-state index in [1.54, 1.807) is 43.7 Å². The third kappa shape index (κ3) is 3.31. The summed E-state index contributed by atoms with van der Waals surface area (Å²) in [6.07, 6.45) is 5.13. The Balaban J connectivity index is 1.55. The van der Waals surface area contributed by atoms with E-state index >= 15 is 0 Å². The van der Waals surface area contributed by atoms with E-state index in [1.807, 2.05) is 0 Å². The van der Waals surface area contributed by atoms with Crippen molar-refractivity contribution in [1.29, 1.82) is 0 Å². The summed E-state index contributed by atoms with van der Waals surface area (Å²) >= 11 is 0. The molecule has 1 saturated carbocycles. The molecule has 4 aromatic rings. The molecule has 30 heavy (non-hydrogen) atoms. The van der Waals surface area contributed by atoms with Gasteiger partial charge in [0.1, 0.15) is 17.2 Å². The Morgan fingerprint density at radius 3 is 2.90 bits per heavy atom. The van der Waals surface area contributed by atoms with Gasteiger partial charge in [0, 0.05) is 52.8 Å². The van der Waals surface area contributed by atoms with Crippen LogP contribution in [-0.4, -0.2) is 37.9 Å². The molecule has 0 atom stereocenters. The molecule has 3 heterocycles. The number of anilines is 2. The molecule has 1 aliphatic rings. The number of hydrogen-bond donors (Lipinski definition) is 2. The number of aromatic nitrogens is 5. The predicted octanol–water partition coefficient (Wildman–Crippen LogP) is 2.70. The van der Waals surface area contributed by atoms with Crippen molar-refractivity contribution < 1.29 is 8.91 Å². The Labute approximate surface area is 176 Å². The van der Waals surface area contributed by atoms with Crippen LogP contribution in [-0.2, 0) is 11.8 Å². The number of nitrogens with zero attached hydrogens (tertiary/aromatic N) is 5. The fraction of sp³-hybridized carbons (Fsp3) is 0.227. The summed E-state index contributed by atoms with van der Waals surface area (Å²) in [6.45, 7) is -2.43. The number of aryl methyl sites for hydroxylation is 1. The monoisotopic (exact) mass is 400 g/mol. The van der Waals surface area contributed by atoms with Crippen LogP contribution in [0, 0.1) is 17.8 Å². The fourth-order valence-corrected chi connectivity index (χ4v) is 3.21. The molecular weight excluding hydrogens is 378 g/mol. The number of carbonyl (C=O) groups excluding carboxylic acids is 1. The first-order valence-electron chi connectivity index (χ1n) is 11.0. The molecule has 8 nitrogen and oxygen atoms in total. The highest BCUT2D eigenvalue weighted by molar-refractivity contribution is 5.99. The highest BCUT2D eigenvalue weighted by Gasteiger charge is 2.29. The van der Waals surface area contributed by atoms with Crippen LogP contribution in [0.4, 0.5) is 11.6 Å². The molecule has 0 unspecified atom stereocenters. The summed E-state index contributed by atoms with van der Waals surface area (Å²) in [4.78, 5) is 20.9. The van der Waals surface area contributed by atoms with E-state index in [2.05, 4.69) is 42.8 Å². The molecule has 0 aliphatic heterocycles. The zero-order valence-electron chi connectivity index (χ0n) is 19.1. The Hall–Kier alpha value is -3.99. The van der Waals surface area contributed by atoms with E-state index in [0.29, 0.717) is 33.8 Å². The normalized spacial score (nSPS) is 15.0. The predicted molar refractivity (Wildman–Crippen MR) is 115 cm³/mol. The zero-order chi connectivity index (χ0) is 23.2. The van der Waals surface area contributed by atoms with Gasteiger partial charge in [-0.3, -0.25) is 4.79 Å². The molecule has 1 fully saturated rings. The highest BCUT2D eigenvalue weighted by atomic mass is 16.2. The number of amides is 1. The van der Waals surface area contributed by atoms with Gasteiger partial charge in [-0.2, -0.15) is 0 Å². The Bertz CT molecular complexity index is 1460. The lowest BCUT2D eigenvalue weighted by atomic mass is 10.1. The molecule has 2 N–H and O–H groups in total. The van der Waals surface area contributed by atoms with Crippen molar-refractivity contribution >= 4 is 39.3 Å². The van der Waals surface area contributed by atoms with Gasteiger partial charge in [-0.25, -0.2) is 14.6 Å². The van der Waals surface area contributed by atoms with E-state index in [4.69, 9.17) is 4.11 Å². The first kappa shape index (κ1) is 14.9. The number of nitrogens with one attached hydrogen (secondary N) is 2. The molecule has 3 aromatic heterocycles. The van der Waals surface area contributed by atoms with Crippen LogP contribution in [0.25, 0.3) is 21.8 Å². The minimum Gasteiger partial charge on any atom is -0.373 e. The van der Waals surface area contributed by atoms with E-state index in [9.17, 15) is 4.79 Å². The molecule has 0 radical (unpaired) electrons. The summed E-state index contributed by atoms with van der Waals surface area (Å²) < 4.78 is 23.8. The standard InChI is InChI=1S/C22H19N7O/c1-23-21-17-12-24-20(26-22(30)14-6-7-14)10-16(17)15(11-25-21)5-3-13-4-8-18-19(9-13)29(2)28-27-18/h4,8-12,14H,6-7H2,1-2H3,(H,23,25)(H,24,26,30)/i2D3. The van der Waals surface area contributed by atoms with Gasteiger partial charge >= 0.3 is 0 Å². The second-order valence-electron chi connectivity index (χ2n) is 7.10. The maximum absolute atomic E-state index is 12.2. The molecule has 1 aromatic carbocycles. The Morgan fingerprint density at radius 2 is 2.10 bits per heavy atom. The van der Waals surface area contributed by atoms with Crippen molar-refractivity contribution in [2.45, 2.75) is 12.8 Å². The van der Waals surface area contributed by atoms with Gasteiger partial charge in [0.2, 0.25) is 5.91 Å². The van der Waals surface area contributed by atoms with Crippen molar-refractivity contribution in [3.8, 4) is 11.8 Å². The van der Waals surface area contributed by atoms with Crippen molar-refractivity contribution in [3.63, 3.8) is 0 Å². The zero-order valence-corrected chi connectivity index (χ0v) is 16.1. The molecular formula is C22H19N7O. The van der Waals surface area contributed by atoms with Crippen LogP contribution in [0.5, 0.6) is 0 Å². The molecule has 5 rings (SSSR count). The molecule has 0 spiro atoms. The highest BCUT2D eigenvalue weighted by Crippen LogP contribution is 2.31.